The summed E-state index contributed by atoms with van der Waals surface area (Å²) in [6.45, 7) is 0. The average Bonchev–Trinajstić information content (AvgIpc) is 2.92. The summed E-state index contributed by atoms with van der Waals surface area (Å²) in [5.74, 6) is -1.03. The highest BCUT2D eigenvalue weighted by atomic mass is 32.2. The van der Waals surface area contributed by atoms with Crippen LogP contribution in [-0.2, 0) is 4.79 Å². The van der Waals surface area contributed by atoms with Gasteiger partial charge in [-0.05, 0) is 29.5 Å². The van der Waals surface area contributed by atoms with Gasteiger partial charge in [-0.3, -0.25) is 14.9 Å². The number of nitro groups is 1. The van der Waals surface area contributed by atoms with E-state index in [0.717, 1.165) is 11.9 Å². The minimum atomic E-state index is -1.03. The molecule has 1 aromatic carbocycles. The SMILES string of the molecule is O=C(O)C(NSc1ccccc1[N+](=O)[O-])c1cccs1. The summed E-state index contributed by atoms with van der Waals surface area (Å²) in [5.41, 5.74) is -0.0553. The molecule has 1 atom stereocenters. The van der Waals surface area contributed by atoms with Crippen LogP contribution >= 0.6 is 23.3 Å². The van der Waals surface area contributed by atoms with E-state index in [0.29, 0.717) is 9.77 Å². The fourth-order valence-corrected chi connectivity index (χ4v) is 3.21. The van der Waals surface area contributed by atoms with Gasteiger partial charge < -0.3 is 5.11 Å². The van der Waals surface area contributed by atoms with Crippen LogP contribution in [0.15, 0.2) is 46.7 Å². The minimum absolute atomic E-state index is 0.0553. The Kier molecular flexibility index (Phi) is 4.72. The molecule has 8 heteroatoms. The van der Waals surface area contributed by atoms with Crippen molar-refractivity contribution in [3.8, 4) is 0 Å². The molecule has 1 unspecified atom stereocenters. The third-order valence-corrected chi connectivity index (χ3v) is 4.28. The molecule has 1 heterocycles. The molecular formula is C12H10N2O4S2. The number of nitrogens with one attached hydrogen (secondary N) is 1. The number of carboxylic acids is 1. The molecule has 2 rings (SSSR count). The molecule has 0 fully saturated rings. The van der Waals surface area contributed by atoms with Crippen LogP contribution in [0.1, 0.15) is 10.9 Å². The van der Waals surface area contributed by atoms with Gasteiger partial charge in [0.05, 0.1) is 4.92 Å². The topological polar surface area (TPSA) is 92.5 Å². The number of thiophene rings is 1. The van der Waals surface area contributed by atoms with Gasteiger partial charge in [0.2, 0.25) is 0 Å². The first-order valence-corrected chi connectivity index (χ1v) is 7.21. The van der Waals surface area contributed by atoms with E-state index in [1.807, 2.05) is 0 Å². The number of hydrogen-bond donors (Lipinski definition) is 2. The molecule has 20 heavy (non-hydrogen) atoms. The number of benzene rings is 1. The van der Waals surface area contributed by atoms with Gasteiger partial charge in [0, 0.05) is 10.9 Å². The molecule has 2 N–H and O–H groups in total. The van der Waals surface area contributed by atoms with E-state index in [9.17, 15) is 20.0 Å². The lowest BCUT2D eigenvalue weighted by atomic mass is 10.3. The van der Waals surface area contributed by atoms with E-state index in [-0.39, 0.29) is 5.69 Å². The second-order valence-corrected chi connectivity index (χ2v) is 5.59. The van der Waals surface area contributed by atoms with E-state index < -0.39 is 16.9 Å². The normalized spacial score (nSPS) is 12.0. The number of carboxylic acid groups (broad SMARTS) is 1. The highest BCUT2D eigenvalue weighted by Crippen LogP contribution is 2.30. The fourth-order valence-electron chi connectivity index (χ4n) is 1.50. The minimum Gasteiger partial charge on any atom is -0.480 e. The largest absolute Gasteiger partial charge is 0.480 e. The molecule has 2 aromatic rings. The molecule has 0 aliphatic heterocycles. The van der Waals surface area contributed by atoms with Crippen LogP contribution < -0.4 is 4.72 Å². The Bertz CT molecular complexity index is 616. The molecule has 0 spiro atoms. The summed E-state index contributed by atoms with van der Waals surface area (Å²) < 4.78 is 2.76. The quantitative estimate of drug-likeness (QED) is 0.484. The van der Waals surface area contributed by atoms with Crippen molar-refractivity contribution in [2.24, 2.45) is 0 Å². The van der Waals surface area contributed by atoms with Crippen LogP contribution in [0.3, 0.4) is 0 Å². The van der Waals surface area contributed by atoms with Gasteiger partial charge in [-0.15, -0.1) is 11.3 Å². The molecular weight excluding hydrogens is 300 g/mol. The Morgan fingerprint density at radius 2 is 2.10 bits per heavy atom. The van der Waals surface area contributed by atoms with Crippen molar-refractivity contribution >= 4 is 34.9 Å². The average molecular weight is 310 g/mol. The molecule has 0 saturated carbocycles. The third kappa shape index (κ3) is 3.35. The van der Waals surface area contributed by atoms with Gasteiger partial charge in [-0.1, -0.05) is 18.2 Å². The molecule has 0 amide bonds. The summed E-state index contributed by atoms with van der Waals surface area (Å²) >= 11 is 2.26. The van der Waals surface area contributed by atoms with Crippen LogP contribution in [0.25, 0.3) is 0 Å². The lowest BCUT2D eigenvalue weighted by molar-refractivity contribution is -0.387. The number of aliphatic carboxylic acids is 1. The summed E-state index contributed by atoms with van der Waals surface area (Å²) in [7, 11) is 0. The first-order chi connectivity index (χ1) is 9.59. The monoisotopic (exact) mass is 310 g/mol. The number of rotatable bonds is 6. The van der Waals surface area contributed by atoms with Crippen molar-refractivity contribution in [1.29, 1.82) is 0 Å². The summed E-state index contributed by atoms with van der Waals surface area (Å²) in [5, 5.41) is 21.9. The van der Waals surface area contributed by atoms with Gasteiger partial charge in [0.15, 0.2) is 0 Å². The predicted octanol–water partition coefficient (Wildman–Crippen LogP) is 3.08. The zero-order chi connectivity index (χ0) is 14.5. The second-order valence-electron chi connectivity index (χ2n) is 3.73. The Labute approximate surface area is 122 Å². The van der Waals surface area contributed by atoms with Crippen LogP contribution in [0, 0.1) is 10.1 Å². The van der Waals surface area contributed by atoms with E-state index >= 15 is 0 Å². The summed E-state index contributed by atoms with van der Waals surface area (Å²) in [6.07, 6.45) is 0. The van der Waals surface area contributed by atoms with Gasteiger partial charge >= 0.3 is 5.97 Å². The first-order valence-electron chi connectivity index (χ1n) is 5.51. The van der Waals surface area contributed by atoms with Gasteiger partial charge in [0.25, 0.3) is 5.69 Å². The Hall–Kier alpha value is -1.90. The number of hydrogen-bond acceptors (Lipinski definition) is 6. The standard InChI is InChI=1S/C12H10N2O4S2/c15-12(16)11(10-6-3-7-19-10)13-20-9-5-2-1-4-8(9)14(17)18/h1-7,11,13H,(H,15,16). The molecule has 6 nitrogen and oxygen atoms in total. The first kappa shape index (κ1) is 14.5. The number of nitro benzene ring substituents is 1. The van der Waals surface area contributed by atoms with Crippen LogP contribution in [0.4, 0.5) is 5.69 Å². The molecule has 0 saturated heterocycles. The van der Waals surface area contributed by atoms with E-state index in [1.165, 1.54) is 17.4 Å². The zero-order valence-corrected chi connectivity index (χ0v) is 11.7. The second kappa shape index (κ2) is 6.51. The van der Waals surface area contributed by atoms with Crippen LogP contribution in [-0.4, -0.2) is 16.0 Å². The maximum Gasteiger partial charge on any atom is 0.327 e. The molecule has 0 aliphatic carbocycles. The van der Waals surface area contributed by atoms with Gasteiger partial charge in [-0.2, -0.15) is 0 Å². The molecule has 1 aromatic heterocycles. The van der Waals surface area contributed by atoms with E-state index in [2.05, 4.69) is 4.72 Å². The van der Waals surface area contributed by atoms with E-state index in [1.54, 1.807) is 35.7 Å². The summed E-state index contributed by atoms with van der Waals surface area (Å²) in [4.78, 5) is 22.6. The highest BCUT2D eigenvalue weighted by molar-refractivity contribution is 7.97. The highest BCUT2D eigenvalue weighted by Gasteiger charge is 2.22. The Balaban J connectivity index is 2.15. The number of carbonyl (C=O) groups is 1. The van der Waals surface area contributed by atoms with Crippen molar-refractivity contribution in [2.45, 2.75) is 10.9 Å². The lowest BCUT2D eigenvalue weighted by Crippen LogP contribution is -2.22. The smallest absolute Gasteiger partial charge is 0.327 e. The van der Waals surface area contributed by atoms with Crippen molar-refractivity contribution in [3.05, 3.63) is 56.8 Å². The fraction of sp³-hybridized carbons (Fsp3) is 0.0833. The van der Waals surface area contributed by atoms with Crippen molar-refractivity contribution < 1.29 is 14.8 Å². The van der Waals surface area contributed by atoms with Gasteiger partial charge in [0.1, 0.15) is 10.9 Å². The molecule has 0 aliphatic rings. The van der Waals surface area contributed by atoms with Crippen LogP contribution in [0.2, 0.25) is 0 Å². The molecule has 104 valence electrons. The van der Waals surface area contributed by atoms with Crippen molar-refractivity contribution in [1.82, 2.24) is 4.72 Å². The van der Waals surface area contributed by atoms with Crippen molar-refractivity contribution in [3.63, 3.8) is 0 Å². The summed E-state index contributed by atoms with van der Waals surface area (Å²) in [6, 6.07) is 8.74. The molecule has 0 radical (unpaired) electrons. The Morgan fingerprint density at radius 1 is 1.35 bits per heavy atom. The third-order valence-electron chi connectivity index (χ3n) is 2.42. The van der Waals surface area contributed by atoms with Crippen LogP contribution in [0.5, 0.6) is 0 Å². The van der Waals surface area contributed by atoms with E-state index in [4.69, 9.17) is 0 Å². The predicted molar refractivity (Wildman–Crippen MR) is 76.8 cm³/mol. The van der Waals surface area contributed by atoms with Crippen molar-refractivity contribution in [2.75, 3.05) is 0 Å². The van der Waals surface area contributed by atoms with Gasteiger partial charge in [-0.25, -0.2) is 4.72 Å². The number of para-hydroxylation sites is 1. The zero-order valence-electron chi connectivity index (χ0n) is 10.1. The Morgan fingerprint density at radius 3 is 2.70 bits per heavy atom. The maximum atomic E-state index is 11.2. The molecule has 0 bridgehead atoms. The number of nitrogens with zero attached hydrogens (tertiary/aromatic N) is 1. The maximum absolute atomic E-state index is 11.2. The lowest BCUT2D eigenvalue weighted by Gasteiger charge is -2.11.